The monoisotopic (exact) mass is 234 g/mol. The molecular formula is C12H18N4O. The summed E-state index contributed by atoms with van der Waals surface area (Å²) in [6, 6.07) is 3.81. The van der Waals surface area contributed by atoms with Gasteiger partial charge >= 0.3 is 0 Å². The number of rotatable bonds is 5. The molecule has 0 aromatic carbocycles. The van der Waals surface area contributed by atoms with Crippen molar-refractivity contribution in [1.29, 1.82) is 5.26 Å². The van der Waals surface area contributed by atoms with Crippen LogP contribution < -0.4 is 5.32 Å². The Hall–Kier alpha value is -1.67. The summed E-state index contributed by atoms with van der Waals surface area (Å²) in [6.45, 7) is 6.61. The Morgan fingerprint density at radius 1 is 1.47 bits per heavy atom. The van der Waals surface area contributed by atoms with Gasteiger partial charge in [-0.1, -0.05) is 13.8 Å². The highest BCUT2D eigenvalue weighted by atomic mass is 16.5. The van der Waals surface area contributed by atoms with Gasteiger partial charge in [-0.2, -0.15) is 5.26 Å². The van der Waals surface area contributed by atoms with Crippen LogP contribution in [0.4, 0.5) is 5.95 Å². The zero-order chi connectivity index (χ0) is 12.8. The summed E-state index contributed by atoms with van der Waals surface area (Å²) < 4.78 is 5.14. The molecule has 0 aliphatic carbocycles. The van der Waals surface area contributed by atoms with Gasteiger partial charge in [-0.3, -0.25) is 0 Å². The summed E-state index contributed by atoms with van der Waals surface area (Å²) in [5, 5.41) is 12.0. The zero-order valence-electron chi connectivity index (χ0n) is 10.7. The molecule has 0 saturated heterocycles. The lowest BCUT2D eigenvalue weighted by Crippen LogP contribution is -2.31. The fourth-order valence-corrected chi connectivity index (χ4v) is 1.44. The van der Waals surface area contributed by atoms with E-state index in [0.29, 0.717) is 24.2 Å². The molecular weight excluding hydrogens is 216 g/mol. The van der Waals surface area contributed by atoms with E-state index in [2.05, 4.69) is 29.1 Å². The summed E-state index contributed by atoms with van der Waals surface area (Å²) in [5.74, 6) is 0.877. The lowest BCUT2D eigenvalue weighted by Gasteiger charge is -2.21. The maximum absolute atomic E-state index is 8.84. The number of aryl methyl sites for hydroxylation is 1. The number of ether oxygens (including phenoxy) is 1. The van der Waals surface area contributed by atoms with Crippen molar-refractivity contribution < 1.29 is 4.74 Å². The van der Waals surface area contributed by atoms with Crippen LogP contribution in [-0.2, 0) is 4.74 Å². The highest BCUT2D eigenvalue weighted by molar-refractivity contribution is 5.34. The molecule has 5 nitrogen and oxygen atoms in total. The first-order valence-corrected chi connectivity index (χ1v) is 5.58. The number of methoxy groups -OCH3 is 1. The lowest BCUT2D eigenvalue weighted by molar-refractivity contribution is 0.171. The number of aromatic nitrogens is 2. The van der Waals surface area contributed by atoms with Crippen molar-refractivity contribution in [1.82, 2.24) is 9.97 Å². The van der Waals surface area contributed by atoms with Gasteiger partial charge in [-0.15, -0.1) is 0 Å². The van der Waals surface area contributed by atoms with Gasteiger partial charge in [-0.05, 0) is 18.9 Å². The van der Waals surface area contributed by atoms with Crippen LogP contribution in [0.3, 0.4) is 0 Å². The number of anilines is 1. The van der Waals surface area contributed by atoms with Crippen LogP contribution in [0.2, 0.25) is 0 Å². The van der Waals surface area contributed by atoms with Crippen molar-refractivity contribution in [3.63, 3.8) is 0 Å². The first kappa shape index (κ1) is 13.4. The first-order chi connectivity index (χ1) is 8.06. The van der Waals surface area contributed by atoms with Crippen LogP contribution in [0.15, 0.2) is 6.07 Å². The van der Waals surface area contributed by atoms with Crippen LogP contribution in [-0.4, -0.2) is 29.7 Å². The maximum Gasteiger partial charge on any atom is 0.224 e. The largest absolute Gasteiger partial charge is 0.383 e. The van der Waals surface area contributed by atoms with Crippen LogP contribution in [0.5, 0.6) is 0 Å². The van der Waals surface area contributed by atoms with Crippen LogP contribution in [0.25, 0.3) is 0 Å². The summed E-state index contributed by atoms with van der Waals surface area (Å²) in [7, 11) is 1.66. The minimum atomic E-state index is 0.133. The third-order valence-corrected chi connectivity index (χ3v) is 2.43. The lowest BCUT2D eigenvalue weighted by atomic mass is 10.1. The second-order valence-electron chi connectivity index (χ2n) is 4.28. The molecule has 0 aliphatic heterocycles. The molecule has 1 atom stereocenters. The van der Waals surface area contributed by atoms with E-state index in [1.807, 2.05) is 13.0 Å². The topological polar surface area (TPSA) is 70.8 Å². The molecule has 0 radical (unpaired) electrons. The molecule has 0 spiro atoms. The molecule has 1 aromatic rings. The molecule has 1 aromatic heterocycles. The normalized spacial score (nSPS) is 12.2. The Morgan fingerprint density at radius 2 is 2.18 bits per heavy atom. The Labute approximate surface area is 102 Å². The summed E-state index contributed by atoms with van der Waals surface area (Å²) >= 11 is 0. The van der Waals surface area contributed by atoms with E-state index in [0.717, 1.165) is 5.69 Å². The second-order valence-corrected chi connectivity index (χ2v) is 4.28. The molecule has 1 N–H and O–H groups in total. The number of hydrogen-bond acceptors (Lipinski definition) is 5. The average Bonchev–Trinajstić information content (AvgIpc) is 2.27. The van der Waals surface area contributed by atoms with Gasteiger partial charge in [0.15, 0.2) is 0 Å². The standard InChI is InChI=1S/C12H18N4O/c1-8(2)11(7-17-4)16-12-14-9(3)5-10(6-13)15-12/h5,8,11H,7H2,1-4H3,(H,14,15,16). The molecule has 0 fully saturated rings. The Balaban J connectivity index is 2.85. The van der Waals surface area contributed by atoms with E-state index in [1.54, 1.807) is 13.2 Å². The molecule has 92 valence electrons. The van der Waals surface area contributed by atoms with Gasteiger partial charge in [0.2, 0.25) is 5.95 Å². The summed E-state index contributed by atoms with van der Waals surface area (Å²) in [4.78, 5) is 8.37. The minimum absolute atomic E-state index is 0.133. The molecule has 1 heterocycles. The molecule has 0 bridgehead atoms. The van der Waals surface area contributed by atoms with Gasteiger partial charge in [0.25, 0.3) is 0 Å². The number of nitrogens with one attached hydrogen (secondary N) is 1. The minimum Gasteiger partial charge on any atom is -0.383 e. The zero-order valence-corrected chi connectivity index (χ0v) is 10.7. The van der Waals surface area contributed by atoms with E-state index in [9.17, 15) is 0 Å². The Morgan fingerprint density at radius 3 is 2.71 bits per heavy atom. The third kappa shape index (κ3) is 4.00. The Kier molecular flexibility index (Phi) is 4.85. The van der Waals surface area contributed by atoms with Crippen molar-refractivity contribution in [2.45, 2.75) is 26.8 Å². The fourth-order valence-electron chi connectivity index (χ4n) is 1.44. The van der Waals surface area contributed by atoms with Gasteiger partial charge in [0.05, 0.1) is 12.6 Å². The average molecular weight is 234 g/mol. The Bertz CT molecular complexity index is 411. The summed E-state index contributed by atoms with van der Waals surface area (Å²) in [5.41, 5.74) is 1.15. The van der Waals surface area contributed by atoms with E-state index >= 15 is 0 Å². The molecule has 1 unspecified atom stereocenters. The van der Waals surface area contributed by atoms with E-state index < -0.39 is 0 Å². The molecule has 0 aliphatic rings. The van der Waals surface area contributed by atoms with Crippen molar-refractivity contribution in [2.75, 3.05) is 19.0 Å². The van der Waals surface area contributed by atoms with Crippen LogP contribution >= 0.6 is 0 Å². The van der Waals surface area contributed by atoms with Crippen molar-refractivity contribution in [3.05, 3.63) is 17.5 Å². The van der Waals surface area contributed by atoms with Gasteiger partial charge in [0, 0.05) is 12.8 Å². The third-order valence-electron chi connectivity index (χ3n) is 2.43. The van der Waals surface area contributed by atoms with Crippen LogP contribution in [0, 0.1) is 24.2 Å². The fraction of sp³-hybridized carbons (Fsp3) is 0.583. The highest BCUT2D eigenvalue weighted by Crippen LogP contribution is 2.10. The maximum atomic E-state index is 8.84. The highest BCUT2D eigenvalue weighted by Gasteiger charge is 2.14. The quantitative estimate of drug-likeness (QED) is 0.840. The molecule has 0 saturated carbocycles. The van der Waals surface area contributed by atoms with E-state index in [1.165, 1.54) is 0 Å². The molecule has 5 heteroatoms. The molecule has 1 rings (SSSR count). The number of hydrogen-bond donors (Lipinski definition) is 1. The SMILES string of the molecule is COCC(Nc1nc(C)cc(C#N)n1)C(C)C. The van der Waals surface area contributed by atoms with Crippen molar-refractivity contribution in [3.8, 4) is 6.07 Å². The second kappa shape index (κ2) is 6.16. The van der Waals surface area contributed by atoms with E-state index in [-0.39, 0.29) is 6.04 Å². The van der Waals surface area contributed by atoms with E-state index in [4.69, 9.17) is 10.00 Å². The van der Waals surface area contributed by atoms with Crippen molar-refractivity contribution >= 4 is 5.95 Å². The van der Waals surface area contributed by atoms with Gasteiger partial charge < -0.3 is 10.1 Å². The first-order valence-electron chi connectivity index (χ1n) is 5.58. The molecule has 17 heavy (non-hydrogen) atoms. The smallest absolute Gasteiger partial charge is 0.224 e. The number of nitriles is 1. The predicted octanol–water partition coefficient (Wildman–Crippen LogP) is 1.74. The van der Waals surface area contributed by atoms with Gasteiger partial charge in [-0.25, -0.2) is 9.97 Å². The molecule has 0 amide bonds. The van der Waals surface area contributed by atoms with Gasteiger partial charge in [0.1, 0.15) is 11.8 Å². The van der Waals surface area contributed by atoms with Crippen LogP contribution in [0.1, 0.15) is 25.2 Å². The van der Waals surface area contributed by atoms with Crippen molar-refractivity contribution in [2.24, 2.45) is 5.92 Å². The summed E-state index contributed by atoms with van der Waals surface area (Å²) in [6.07, 6.45) is 0. The number of nitrogens with zero attached hydrogens (tertiary/aromatic N) is 3. The predicted molar refractivity (Wildman–Crippen MR) is 65.6 cm³/mol.